The first-order valence-corrected chi connectivity index (χ1v) is 5.90. The van der Waals surface area contributed by atoms with Gasteiger partial charge < -0.3 is 19.9 Å². The Labute approximate surface area is 102 Å². The van der Waals surface area contributed by atoms with E-state index in [1.165, 1.54) is 0 Å². The maximum atomic E-state index is 10.5. The van der Waals surface area contributed by atoms with Crippen LogP contribution in [0.25, 0.3) is 0 Å². The van der Waals surface area contributed by atoms with Gasteiger partial charge in [0, 0.05) is 19.2 Å². The summed E-state index contributed by atoms with van der Waals surface area (Å²) in [6.45, 7) is 2.46. The van der Waals surface area contributed by atoms with E-state index in [4.69, 9.17) is 9.47 Å². The first-order valence-electron chi connectivity index (χ1n) is 5.90. The predicted octanol–water partition coefficient (Wildman–Crippen LogP) is 0.893. The first kappa shape index (κ1) is 12.4. The summed E-state index contributed by atoms with van der Waals surface area (Å²) in [5.74, 6) is 0.746. The predicted molar refractivity (Wildman–Crippen MR) is 65.2 cm³/mol. The fourth-order valence-electron chi connectivity index (χ4n) is 2.12. The van der Waals surface area contributed by atoms with E-state index < -0.39 is 5.60 Å². The zero-order valence-corrected chi connectivity index (χ0v) is 10.1. The van der Waals surface area contributed by atoms with Crippen LogP contribution in [0.5, 0.6) is 5.75 Å². The Bertz CT molecular complexity index is 361. The Morgan fingerprint density at radius 3 is 2.88 bits per heavy atom. The summed E-state index contributed by atoms with van der Waals surface area (Å²) in [6, 6.07) is 7.66. The molecule has 0 aliphatic carbocycles. The van der Waals surface area contributed by atoms with E-state index in [-0.39, 0.29) is 0 Å². The van der Waals surface area contributed by atoms with Gasteiger partial charge in [-0.25, -0.2) is 0 Å². The van der Waals surface area contributed by atoms with Gasteiger partial charge in [0.2, 0.25) is 0 Å². The smallest absolute Gasteiger partial charge is 0.125 e. The zero-order valence-electron chi connectivity index (χ0n) is 10.1. The highest BCUT2D eigenvalue weighted by Gasteiger charge is 2.35. The van der Waals surface area contributed by atoms with Crippen molar-refractivity contribution in [2.45, 2.75) is 12.0 Å². The molecule has 2 N–H and O–H groups in total. The highest BCUT2D eigenvalue weighted by atomic mass is 16.5. The van der Waals surface area contributed by atoms with Crippen LogP contribution >= 0.6 is 0 Å². The molecule has 2 rings (SSSR count). The van der Waals surface area contributed by atoms with Gasteiger partial charge in [-0.3, -0.25) is 0 Å². The Hall–Kier alpha value is -1.10. The maximum absolute atomic E-state index is 10.5. The van der Waals surface area contributed by atoms with E-state index in [0.29, 0.717) is 19.8 Å². The van der Waals surface area contributed by atoms with Crippen LogP contribution in [0.3, 0.4) is 0 Å². The van der Waals surface area contributed by atoms with Crippen LogP contribution in [0.2, 0.25) is 0 Å². The number of benzene rings is 1. The lowest BCUT2D eigenvalue weighted by atomic mass is 9.92. The van der Waals surface area contributed by atoms with E-state index in [0.717, 1.165) is 24.3 Å². The Morgan fingerprint density at radius 1 is 1.35 bits per heavy atom. The Kier molecular flexibility index (Phi) is 3.99. The molecule has 4 nitrogen and oxygen atoms in total. The van der Waals surface area contributed by atoms with Crippen molar-refractivity contribution in [2.24, 2.45) is 0 Å². The number of ether oxygens (including phenoxy) is 2. The number of β-amino-alcohol motifs (C(OH)–C–C–N with tert-alkyl or cyclic N) is 1. The average Bonchev–Trinajstić information content (AvgIpc) is 2.78. The molecule has 94 valence electrons. The van der Waals surface area contributed by atoms with Crippen molar-refractivity contribution in [3.05, 3.63) is 29.8 Å². The third-order valence-corrected chi connectivity index (χ3v) is 3.07. The SMILES string of the molecule is COCCOc1ccccc1C1(O)CCNC1. The van der Waals surface area contributed by atoms with Crippen molar-refractivity contribution in [3.63, 3.8) is 0 Å². The van der Waals surface area contributed by atoms with Gasteiger partial charge in [-0.15, -0.1) is 0 Å². The normalized spacial score (nSPS) is 23.9. The summed E-state index contributed by atoms with van der Waals surface area (Å²) in [7, 11) is 1.64. The van der Waals surface area contributed by atoms with Crippen LogP contribution < -0.4 is 10.1 Å². The molecule has 1 aromatic rings. The zero-order chi connectivity index (χ0) is 12.1. The van der Waals surface area contributed by atoms with Crippen molar-refractivity contribution in [2.75, 3.05) is 33.4 Å². The molecule has 1 saturated heterocycles. The number of nitrogens with one attached hydrogen (secondary N) is 1. The van der Waals surface area contributed by atoms with Gasteiger partial charge in [0.25, 0.3) is 0 Å². The molecule has 0 radical (unpaired) electrons. The molecule has 1 atom stereocenters. The first-order chi connectivity index (χ1) is 8.26. The van der Waals surface area contributed by atoms with E-state index in [1.807, 2.05) is 24.3 Å². The van der Waals surface area contributed by atoms with Gasteiger partial charge in [-0.2, -0.15) is 0 Å². The molecule has 17 heavy (non-hydrogen) atoms. The topological polar surface area (TPSA) is 50.7 Å². The molecule has 1 heterocycles. The van der Waals surface area contributed by atoms with Gasteiger partial charge >= 0.3 is 0 Å². The highest BCUT2D eigenvalue weighted by Crippen LogP contribution is 2.34. The number of hydrogen-bond acceptors (Lipinski definition) is 4. The Morgan fingerprint density at radius 2 is 2.18 bits per heavy atom. The standard InChI is InChI=1S/C13H19NO3/c1-16-8-9-17-12-5-3-2-4-11(12)13(15)6-7-14-10-13/h2-5,14-15H,6-10H2,1H3. The third kappa shape index (κ3) is 2.77. The summed E-state index contributed by atoms with van der Waals surface area (Å²) in [4.78, 5) is 0. The number of aliphatic hydroxyl groups is 1. The molecule has 0 saturated carbocycles. The van der Waals surface area contributed by atoms with Crippen molar-refractivity contribution < 1.29 is 14.6 Å². The molecule has 0 spiro atoms. The minimum Gasteiger partial charge on any atom is -0.491 e. The van der Waals surface area contributed by atoms with Crippen LogP contribution in [-0.2, 0) is 10.3 Å². The second kappa shape index (κ2) is 5.49. The van der Waals surface area contributed by atoms with Crippen molar-refractivity contribution >= 4 is 0 Å². The maximum Gasteiger partial charge on any atom is 0.125 e. The van der Waals surface area contributed by atoms with Gasteiger partial charge in [0.05, 0.1) is 6.61 Å². The molecule has 1 aromatic carbocycles. The molecule has 1 aliphatic rings. The molecule has 1 unspecified atom stereocenters. The van der Waals surface area contributed by atoms with Crippen molar-refractivity contribution in [1.29, 1.82) is 0 Å². The minimum absolute atomic E-state index is 0.497. The van der Waals surface area contributed by atoms with Crippen LogP contribution in [0, 0.1) is 0 Å². The summed E-state index contributed by atoms with van der Waals surface area (Å²) in [6.07, 6.45) is 0.720. The summed E-state index contributed by atoms with van der Waals surface area (Å²) in [5, 5.41) is 13.7. The third-order valence-electron chi connectivity index (χ3n) is 3.07. The van der Waals surface area contributed by atoms with Crippen LogP contribution in [0.4, 0.5) is 0 Å². The van der Waals surface area contributed by atoms with Crippen LogP contribution in [0.1, 0.15) is 12.0 Å². The Balaban J connectivity index is 2.15. The fraction of sp³-hybridized carbons (Fsp3) is 0.538. The van der Waals surface area contributed by atoms with Gasteiger partial charge in [-0.1, -0.05) is 18.2 Å². The molecule has 1 fully saturated rings. The van der Waals surface area contributed by atoms with E-state index in [1.54, 1.807) is 7.11 Å². The second-order valence-electron chi connectivity index (χ2n) is 4.30. The summed E-state index contributed by atoms with van der Waals surface area (Å²) in [5.41, 5.74) is 0.0602. The summed E-state index contributed by atoms with van der Waals surface area (Å²) >= 11 is 0. The molecular weight excluding hydrogens is 218 g/mol. The molecule has 0 bridgehead atoms. The molecule has 0 amide bonds. The molecule has 0 aromatic heterocycles. The van der Waals surface area contributed by atoms with Crippen LogP contribution in [0.15, 0.2) is 24.3 Å². The monoisotopic (exact) mass is 237 g/mol. The fourth-order valence-corrected chi connectivity index (χ4v) is 2.12. The average molecular weight is 237 g/mol. The number of rotatable bonds is 5. The lowest BCUT2D eigenvalue weighted by molar-refractivity contribution is 0.0539. The quantitative estimate of drug-likeness (QED) is 0.747. The van der Waals surface area contributed by atoms with Gasteiger partial charge in [0.1, 0.15) is 18.0 Å². The highest BCUT2D eigenvalue weighted by molar-refractivity contribution is 5.39. The number of para-hydroxylation sites is 1. The lowest BCUT2D eigenvalue weighted by Gasteiger charge is -2.24. The number of methoxy groups -OCH3 is 1. The molecule has 4 heteroatoms. The minimum atomic E-state index is -0.802. The lowest BCUT2D eigenvalue weighted by Crippen LogP contribution is -2.29. The van der Waals surface area contributed by atoms with Crippen molar-refractivity contribution in [3.8, 4) is 5.75 Å². The van der Waals surface area contributed by atoms with E-state index >= 15 is 0 Å². The largest absolute Gasteiger partial charge is 0.491 e. The summed E-state index contributed by atoms with van der Waals surface area (Å²) < 4.78 is 10.6. The van der Waals surface area contributed by atoms with E-state index in [9.17, 15) is 5.11 Å². The van der Waals surface area contributed by atoms with Crippen molar-refractivity contribution in [1.82, 2.24) is 5.32 Å². The van der Waals surface area contributed by atoms with Gasteiger partial charge in [0.15, 0.2) is 0 Å². The van der Waals surface area contributed by atoms with Crippen LogP contribution in [-0.4, -0.2) is 38.5 Å². The molecular formula is C13H19NO3. The van der Waals surface area contributed by atoms with Gasteiger partial charge in [-0.05, 0) is 19.0 Å². The van der Waals surface area contributed by atoms with E-state index in [2.05, 4.69) is 5.32 Å². The second-order valence-corrected chi connectivity index (χ2v) is 4.30. The molecule has 1 aliphatic heterocycles. The number of hydrogen-bond donors (Lipinski definition) is 2.